The molecule has 0 spiro atoms. The molecule has 0 heterocycles. The summed E-state index contributed by atoms with van der Waals surface area (Å²) in [7, 11) is 1.20. The first-order valence-corrected chi connectivity index (χ1v) is 3.89. The molecular weight excluding hydrogens is 208 g/mol. The smallest absolute Gasteiger partial charge is 0.235 e. The van der Waals surface area contributed by atoms with Crippen LogP contribution < -0.4 is 4.74 Å². The van der Waals surface area contributed by atoms with Gasteiger partial charge in [-0.15, -0.1) is 0 Å². The Morgan fingerprint density at radius 1 is 1.40 bits per heavy atom. The molecule has 0 amide bonds. The number of ether oxygens (including phenoxy) is 1. The SMILES string of the molecule is COc1cc(F)c(C=C[N+](=O)[O-])cc1F. The van der Waals surface area contributed by atoms with Crippen molar-refractivity contribution < 1.29 is 18.4 Å². The van der Waals surface area contributed by atoms with Gasteiger partial charge in [0.05, 0.1) is 12.0 Å². The zero-order chi connectivity index (χ0) is 11.4. The Hall–Kier alpha value is -1.98. The highest BCUT2D eigenvalue weighted by atomic mass is 19.1. The van der Waals surface area contributed by atoms with Crippen LogP contribution in [0.1, 0.15) is 5.56 Å². The molecule has 0 bridgehead atoms. The van der Waals surface area contributed by atoms with Crippen LogP contribution in [0, 0.1) is 21.7 Å². The van der Waals surface area contributed by atoms with E-state index in [1.54, 1.807) is 0 Å². The lowest BCUT2D eigenvalue weighted by Crippen LogP contribution is -1.92. The molecule has 0 radical (unpaired) electrons. The third kappa shape index (κ3) is 2.73. The minimum Gasteiger partial charge on any atom is -0.494 e. The number of hydrogen-bond acceptors (Lipinski definition) is 3. The maximum absolute atomic E-state index is 13.1. The van der Waals surface area contributed by atoms with Gasteiger partial charge in [0.1, 0.15) is 5.82 Å². The summed E-state index contributed by atoms with van der Waals surface area (Å²) in [6.07, 6.45) is 1.40. The normalized spacial score (nSPS) is 10.6. The monoisotopic (exact) mass is 215 g/mol. The lowest BCUT2D eigenvalue weighted by Gasteiger charge is -2.03. The standard InChI is InChI=1S/C9H7F2NO3/c1-15-9-5-7(10)6(4-8(9)11)2-3-12(13)14/h2-5H,1H3. The Kier molecular flexibility index (Phi) is 3.33. The highest BCUT2D eigenvalue weighted by molar-refractivity contribution is 5.51. The second-order valence-electron chi connectivity index (χ2n) is 2.61. The molecule has 1 aromatic rings. The molecule has 0 saturated heterocycles. The second-order valence-corrected chi connectivity index (χ2v) is 2.61. The highest BCUT2D eigenvalue weighted by Crippen LogP contribution is 2.21. The van der Waals surface area contributed by atoms with Crippen molar-refractivity contribution in [3.63, 3.8) is 0 Å². The Labute approximate surface area is 83.9 Å². The quantitative estimate of drug-likeness (QED) is 0.573. The third-order valence-electron chi connectivity index (χ3n) is 1.65. The molecule has 0 atom stereocenters. The van der Waals surface area contributed by atoms with Gasteiger partial charge in [-0.1, -0.05) is 0 Å². The van der Waals surface area contributed by atoms with Crippen molar-refractivity contribution in [1.82, 2.24) is 0 Å². The predicted octanol–water partition coefficient (Wildman–Crippen LogP) is 2.22. The molecule has 0 aromatic heterocycles. The van der Waals surface area contributed by atoms with E-state index in [2.05, 4.69) is 4.74 Å². The first kappa shape index (κ1) is 11.1. The largest absolute Gasteiger partial charge is 0.494 e. The van der Waals surface area contributed by atoms with Gasteiger partial charge in [0, 0.05) is 17.7 Å². The van der Waals surface area contributed by atoms with Gasteiger partial charge in [0.2, 0.25) is 6.20 Å². The average Bonchev–Trinajstić information content (AvgIpc) is 2.18. The van der Waals surface area contributed by atoms with Gasteiger partial charge in [0.15, 0.2) is 11.6 Å². The van der Waals surface area contributed by atoms with Gasteiger partial charge in [-0.2, -0.15) is 0 Å². The van der Waals surface area contributed by atoms with Crippen molar-refractivity contribution in [2.45, 2.75) is 0 Å². The van der Waals surface area contributed by atoms with Crippen LogP contribution in [0.25, 0.3) is 6.08 Å². The molecule has 0 aliphatic heterocycles. The highest BCUT2D eigenvalue weighted by Gasteiger charge is 2.08. The Bertz CT molecular complexity index is 418. The lowest BCUT2D eigenvalue weighted by atomic mass is 10.2. The molecule has 80 valence electrons. The van der Waals surface area contributed by atoms with Gasteiger partial charge in [0.25, 0.3) is 0 Å². The molecule has 0 aliphatic rings. The van der Waals surface area contributed by atoms with Gasteiger partial charge < -0.3 is 4.74 Å². The number of nitro groups is 1. The number of halogens is 2. The van der Waals surface area contributed by atoms with E-state index in [4.69, 9.17) is 0 Å². The van der Waals surface area contributed by atoms with Gasteiger partial charge in [-0.05, 0) is 6.07 Å². The van der Waals surface area contributed by atoms with E-state index in [0.717, 1.165) is 18.2 Å². The van der Waals surface area contributed by atoms with Crippen molar-refractivity contribution in [2.75, 3.05) is 7.11 Å². The van der Waals surface area contributed by atoms with Crippen LogP contribution in [-0.2, 0) is 0 Å². The number of benzene rings is 1. The van der Waals surface area contributed by atoms with E-state index in [9.17, 15) is 18.9 Å². The summed E-state index contributed by atoms with van der Waals surface area (Å²) >= 11 is 0. The van der Waals surface area contributed by atoms with Crippen molar-refractivity contribution in [1.29, 1.82) is 0 Å². The molecule has 1 aromatic carbocycles. The first-order chi connectivity index (χ1) is 7.04. The fraction of sp³-hybridized carbons (Fsp3) is 0.111. The fourth-order valence-electron chi connectivity index (χ4n) is 0.969. The summed E-state index contributed by atoms with van der Waals surface area (Å²) in [5.41, 5.74) is -0.204. The van der Waals surface area contributed by atoms with Crippen molar-refractivity contribution in [3.05, 3.63) is 45.6 Å². The Morgan fingerprint density at radius 2 is 2.07 bits per heavy atom. The molecule has 0 aliphatic carbocycles. The molecule has 15 heavy (non-hydrogen) atoms. The molecular formula is C9H7F2NO3. The summed E-state index contributed by atoms with van der Waals surface area (Å²) in [5, 5.41) is 9.97. The Balaban J connectivity index is 3.10. The zero-order valence-corrected chi connectivity index (χ0v) is 7.74. The summed E-state index contributed by atoms with van der Waals surface area (Å²) in [4.78, 5) is 9.21. The maximum Gasteiger partial charge on any atom is 0.235 e. The van der Waals surface area contributed by atoms with Crippen LogP contribution in [0.2, 0.25) is 0 Å². The van der Waals surface area contributed by atoms with Crippen LogP contribution in [0.3, 0.4) is 0 Å². The van der Waals surface area contributed by atoms with Crippen molar-refractivity contribution in [3.8, 4) is 5.75 Å². The summed E-state index contributed by atoms with van der Waals surface area (Å²) in [6, 6.07) is 1.66. The van der Waals surface area contributed by atoms with E-state index in [1.807, 2.05) is 0 Å². The topological polar surface area (TPSA) is 52.4 Å². The number of hydrogen-bond donors (Lipinski definition) is 0. The fourth-order valence-corrected chi connectivity index (χ4v) is 0.969. The molecule has 4 nitrogen and oxygen atoms in total. The lowest BCUT2D eigenvalue weighted by molar-refractivity contribution is -0.400. The van der Waals surface area contributed by atoms with Crippen LogP contribution in [0.15, 0.2) is 18.3 Å². The Morgan fingerprint density at radius 3 is 2.60 bits per heavy atom. The predicted molar refractivity (Wildman–Crippen MR) is 48.9 cm³/mol. The van der Waals surface area contributed by atoms with E-state index in [1.165, 1.54) is 7.11 Å². The molecule has 0 saturated carbocycles. The molecule has 0 unspecified atom stereocenters. The zero-order valence-electron chi connectivity index (χ0n) is 7.74. The first-order valence-electron chi connectivity index (χ1n) is 3.89. The van der Waals surface area contributed by atoms with Gasteiger partial charge in [-0.25, -0.2) is 8.78 Å². The van der Waals surface area contributed by atoms with Crippen LogP contribution in [0.4, 0.5) is 8.78 Å². The summed E-state index contributed by atoms with van der Waals surface area (Å²) < 4.78 is 30.7. The van der Waals surface area contributed by atoms with E-state index < -0.39 is 16.6 Å². The van der Waals surface area contributed by atoms with Gasteiger partial charge >= 0.3 is 0 Å². The average molecular weight is 215 g/mol. The minimum absolute atomic E-state index is 0.204. The summed E-state index contributed by atoms with van der Waals surface area (Å²) in [6.45, 7) is 0. The van der Waals surface area contributed by atoms with Crippen LogP contribution >= 0.6 is 0 Å². The number of methoxy groups -OCH3 is 1. The minimum atomic E-state index is -0.786. The molecule has 6 heteroatoms. The van der Waals surface area contributed by atoms with Gasteiger partial charge in [-0.3, -0.25) is 10.1 Å². The molecule has 0 fully saturated rings. The third-order valence-corrected chi connectivity index (χ3v) is 1.65. The maximum atomic E-state index is 13.1. The molecule has 0 N–H and O–H groups in total. The summed E-state index contributed by atoms with van der Waals surface area (Å²) in [5.74, 6) is -1.81. The van der Waals surface area contributed by atoms with E-state index in [0.29, 0.717) is 6.20 Å². The van der Waals surface area contributed by atoms with Crippen LogP contribution in [0.5, 0.6) is 5.75 Å². The molecule has 1 rings (SSSR count). The number of rotatable bonds is 3. The van der Waals surface area contributed by atoms with Crippen molar-refractivity contribution >= 4 is 6.08 Å². The van der Waals surface area contributed by atoms with Crippen LogP contribution in [-0.4, -0.2) is 12.0 Å². The van der Waals surface area contributed by atoms with Crippen molar-refractivity contribution in [2.24, 2.45) is 0 Å². The van der Waals surface area contributed by atoms with E-state index in [-0.39, 0.29) is 11.3 Å². The number of nitrogens with zero attached hydrogens (tertiary/aromatic N) is 1. The van der Waals surface area contributed by atoms with E-state index >= 15 is 0 Å². The second kappa shape index (κ2) is 4.50.